The second kappa shape index (κ2) is 3.95. The number of hydrogen-bond acceptors (Lipinski definition) is 2. The van der Waals surface area contributed by atoms with Gasteiger partial charge in [-0.25, -0.2) is 0 Å². The van der Waals surface area contributed by atoms with Crippen molar-refractivity contribution in [3.05, 3.63) is 35.9 Å². The fourth-order valence-corrected chi connectivity index (χ4v) is 2.79. The predicted octanol–water partition coefficient (Wildman–Crippen LogP) is 1.58. The molecule has 2 nitrogen and oxygen atoms in total. The van der Waals surface area contributed by atoms with Gasteiger partial charge in [0.1, 0.15) is 0 Å². The lowest BCUT2D eigenvalue weighted by Crippen LogP contribution is -2.46. The first-order valence-electron chi connectivity index (χ1n) is 5.92. The van der Waals surface area contributed by atoms with E-state index in [1.54, 1.807) is 0 Å². The van der Waals surface area contributed by atoms with Gasteiger partial charge in [0.15, 0.2) is 0 Å². The van der Waals surface area contributed by atoms with E-state index < -0.39 is 0 Å². The van der Waals surface area contributed by atoms with E-state index in [2.05, 4.69) is 40.1 Å². The molecule has 2 aliphatic heterocycles. The van der Waals surface area contributed by atoms with Crippen molar-refractivity contribution in [1.82, 2.24) is 9.80 Å². The van der Waals surface area contributed by atoms with Gasteiger partial charge in [-0.3, -0.25) is 4.90 Å². The molecular weight excluding hydrogens is 184 g/mol. The fraction of sp³-hybridized carbons (Fsp3) is 0.538. The van der Waals surface area contributed by atoms with Crippen molar-refractivity contribution in [2.24, 2.45) is 0 Å². The summed E-state index contributed by atoms with van der Waals surface area (Å²) >= 11 is 0. The van der Waals surface area contributed by atoms with Crippen molar-refractivity contribution in [3.8, 4) is 0 Å². The molecule has 2 fully saturated rings. The van der Waals surface area contributed by atoms with Crippen LogP contribution in [0.5, 0.6) is 0 Å². The summed E-state index contributed by atoms with van der Waals surface area (Å²) in [5.41, 5.74) is 1.46. The molecular formula is C13H18N2. The van der Waals surface area contributed by atoms with Gasteiger partial charge in [-0.15, -0.1) is 0 Å². The van der Waals surface area contributed by atoms with Gasteiger partial charge in [-0.2, -0.15) is 0 Å². The van der Waals surface area contributed by atoms with Gasteiger partial charge in [0.25, 0.3) is 0 Å². The zero-order valence-electron chi connectivity index (χ0n) is 9.10. The quantitative estimate of drug-likeness (QED) is 0.718. The Hall–Kier alpha value is -0.860. The van der Waals surface area contributed by atoms with E-state index in [0.29, 0.717) is 0 Å². The Bertz CT molecular complexity index is 323. The Labute approximate surface area is 91.5 Å². The summed E-state index contributed by atoms with van der Waals surface area (Å²) in [7, 11) is 0. The van der Waals surface area contributed by atoms with Gasteiger partial charge in [0.2, 0.25) is 0 Å². The molecule has 15 heavy (non-hydrogen) atoms. The topological polar surface area (TPSA) is 6.48 Å². The summed E-state index contributed by atoms with van der Waals surface area (Å²) in [5, 5.41) is 0. The maximum Gasteiger partial charge on any atom is 0.0239 e. The third-order valence-electron chi connectivity index (χ3n) is 3.70. The van der Waals surface area contributed by atoms with E-state index in [1.165, 1.54) is 38.2 Å². The van der Waals surface area contributed by atoms with Crippen molar-refractivity contribution in [2.45, 2.75) is 19.0 Å². The molecule has 1 unspecified atom stereocenters. The summed E-state index contributed by atoms with van der Waals surface area (Å²) < 4.78 is 0. The SMILES string of the molecule is c1ccc(CN2CCN3CC[C@H]2C3)cc1. The van der Waals surface area contributed by atoms with Crippen LogP contribution >= 0.6 is 0 Å². The highest BCUT2D eigenvalue weighted by Gasteiger charge is 2.31. The Morgan fingerprint density at radius 2 is 1.93 bits per heavy atom. The molecule has 2 atom stereocenters. The second-order valence-corrected chi connectivity index (χ2v) is 4.70. The third kappa shape index (κ3) is 1.92. The van der Waals surface area contributed by atoms with E-state index in [-0.39, 0.29) is 0 Å². The highest BCUT2D eigenvalue weighted by molar-refractivity contribution is 5.15. The second-order valence-electron chi connectivity index (χ2n) is 4.70. The van der Waals surface area contributed by atoms with E-state index in [0.717, 1.165) is 12.6 Å². The molecule has 1 aromatic carbocycles. The minimum absolute atomic E-state index is 0.818. The van der Waals surface area contributed by atoms with E-state index >= 15 is 0 Å². The van der Waals surface area contributed by atoms with Crippen LogP contribution in [-0.4, -0.2) is 42.0 Å². The smallest absolute Gasteiger partial charge is 0.0239 e. The van der Waals surface area contributed by atoms with Gasteiger partial charge in [0.05, 0.1) is 0 Å². The van der Waals surface area contributed by atoms with Gasteiger partial charge in [0, 0.05) is 32.2 Å². The summed E-state index contributed by atoms with van der Waals surface area (Å²) in [4.78, 5) is 5.24. The highest BCUT2D eigenvalue weighted by atomic mass is 15.3. The van der Waals surface area contributed by atoms with Crippen molar-refractivity contribution < 1.29 is 0 Å². The van der Waals surface area contributed by atoms with E-state index in [4.69, 9.17) is 0 Å². The Balaban J connectivity index is 1.68. The molecule has 80 valence electrons. The van der Waals surface area contributed by atoms with Gasteiger partial charge in [-0.1, -0.05) is 30.3 Å². The Kier molecular flexibility index (Phi) is 2.47. The van der Waals surface area contributed by atoms with E-state index in [1.807, 2.05) is 0 Å². The molecule has 2 heterocycles. The lowest BCUT2D eigenvalue weighted by Gasteiger charge is -2.34. The number of hydrogen-bond donors (Lipinski definition) is 0. The lowest BCUT2D eigenvalue weighted by molar-refractivity contribution is 0.128. The number of nitrogens with zero attached hydrogens (tertiary/aromatic N) is 2. The Morgan fingerprint density at radius 1 is 1.07 bits per heavy atom. The molecule has 3 rings (SSSR count). The maximum atomic E-state index is 2.65. The average Bonchev–Trinajstić information content (AvgIpc) is 2.67. The molecule has 1 aromatic rings. The van der Waals surface area contributed by atoms with Crippen LogP contribution in [-0.2, 0) is 6.54 Å². The third-order valence-corrected chi connectivity index (χ3v) is 3.70. The first-order valence-corrected chi connectivity index (χ1v) is 5.92. The monoisotopic (exact) mass is 202 g/mol. The first-order chi connectivity index (χ1) is 7.42. The van der Waals surface area contributed by atoms with Gasteiger partial charge < -0.3 is 4.90 Å². The van der Waals surface area contributed by atoms with Crippen LogP contribution < -0.4 is 0 Å². The predicted molar refractivity (Wildman–Crippen MR) is 61.7 cm³/mol. The maximum absolute atomic E-state index is 2.65. The van der Waals surface area contributed by atoms with Crippen molar-refractivity contribution in [2.75, 3.05) is 26.2 Å². The first kappa shape index (κ1) is 9.37. The number of piperazine rings is 1. The molecule has 2 aliphatic rings. The zero-order valence-corrected chi connectivity index (χ0v) is 9.10. The summed E-state index contributed by atoms with van der Waals surface area (Å²) in [5.74, 6) is 0. The number of benzene rings is 1. The summed E-state index contributed by atoms with van der Waals surface area (Å²) in [6.45, 7) is 6.27. The zero-order chi connectivity index (χ0) is 10.1. The van der Waals surface area contributed by atoms with Gasteiger partial charge in [-0.05, 0) is 18.5 Å². The molecule has 2 saturated heterocycles. The van der Waals surface area contributed by atoms with Crippen LogP contribution in [0.2, 0.25) is 0 Å². The molecule has 0 spiro atoms. The van der Waals surface area contributed by atoms with Gasteiger partial charge >= 0.3 is 0 Å². The highest BCUT2D eigenvalue weighted by Crippen LogP contribution is 2.22. The minimum atomic E-state index is 0.818. The average molecular weight is 202 g/mol. The van der Waals surface area contributed by atoms with Crippen LogP contribution in [0.4, 0.5) is 0 Å². The Morgan fingerprint density at radius 3 is 2.80 bits per heavy atom. The standard InChI is InChI=1S/C13H18N2/c1-2-4-12(5-3-1)10-15-9-8-14-7-6-13(15)11-14/h1-5,13H,6-11H2/t13-/m0/s1. The van der Waals surface area contributed by atoms with Crippen LogP contribution in [0.25, 0.3) is 0 Å². The van der Waals surface area contributed by atoms with Crippen LogP contribution in [0.3, 0.4) is 0 Å². The van der Waals surface area contributed by atoms with Crippen LogP contribution in [0, 0.1) is 0 Å². The number of rotatable bonds is 2. The van der Waals surface area contributed by atoms with E-state index in [9.17, 15) is 0 Å². The molecule has 0 amide bonds. The van der Waals surface area contributed by atoms with Crippen molar-refractivity contribution >= 4 is 0 Å². The fourth-order valence-electron chi connectivity index (χ4n) is 2.79. The molecule has 0 radical (unpaired) electrons. The van der Waals surface area contributed by atoms with Crippen LogP contribution in [0.15, 0.2) is 30.3 Å². The largest absolute Gasteiger partial charge is 0.300 e. The van der Waals surface area contributed by atoms with Crippen LogP contribution in [0.1, 0.15) is 12.0 Å². The normalized spacial score (nSPS) is 30.7. The lowest BCUT2D eigenvalue weighted by atomic mass is 10.1. The minimum Gasteiger partial charge on any atom is -0.300 e. The molecule has 0 aromatic heterocycles. The molecule has 2 bridgehead atoms. The number of fused-ring (bicyclic) bond motifs is 2. The summed E-state index contributed by atoms with van der Waals surface area (Å²) in [6, 6.07) is 11.7. The van der Waals surface area contributed by atoms with Crippen molar-refractivity contribution in [1.29, 1.82) is 0 Å². The molecule has 0 saturated carbocycles. The molecule has 0 aliphatic carbocycles. The molecule has 0 N–H and O–H groups in total. The summed E-state index contributed by atoms with van der Waals surface area (Å²) in [6.07, 6.45) is 1.37. The van der Waals surface area contributed by atoms with Crippen molar-refractivity contribution in [3.63, 3.8) is 0 Å². The molecule has 2 heteroatoms.